The average Bonchev–Trinajstić information content (AvgIpc) is 3.66. The van der Waals surface area contributed by atoms with Crippen LogP contribution in [0.3, 0.4) is 0 Å². The molecular formula is C27H30ClN9O12S. The number of amides is 2. The molecule has 1 aromatic carbocycles. The molecule has 5 rings (SSSR count). The minimum atomic E-state index is -2.14. The zero-order valence-corrected chi connectivity index (χ0v) is 27.9. The van der Waals surface area contributed by atoms with E-state index in [0.717, 1.165) is 30.0 Å². The Labute approximate surface area is 290 Å². The van der Waals surface area contributed by atoms with Crippen molar-refractivity contribution in [1.82, 2.24) is 40.0 Å². The number of ether oxygens (including phenoxy) is 2. The fraction of sp³-hybridized carbons (Fsp3) is 0.407. The minimum Gasteiger partial charge on any atom is -0.508 e. The highest BCUT2D eigenvalue weighted by molar-refractivity contribution is 7.99. The van der Waals surface area contributed by atoms with Gasteiger partial charge < -0.3 is 45.3 Å². The van der Waals surface area contributed by atoms with Crippen molar-refractivity contribution in [3.05, 3.63) is 63.2 Å². The number of carboxylic acids is 2. The number of fused-ring (bicyclic) bond motifs is 1. The molecule has 2 aliphatic rings. The number of thioether (sulfide) groups is 1. The van der Waals surface area contributed by atoms with E-state index in [-0.39, 0.29) is 53.2 Å². The number of tetrazole rings is 1. The maximum Gasteiger partial charge on any atom is 0.352 e. The number of hydrogen-bond acceptors (Lipinski definition) is 15. The molecule has 0 radical (unpaired) electrons. The molecule has 2 aliphatic heterocycles. The smallest absolute Gasteiger partial charge is 0.352 e. The normalized spacial score (nSPS) is 19.4. The Bertz CT molecular complexity index is 1820. The van der Waals surface area contributed by atoms with Gasteiger partial charge in [0.15, 0.2) is 18.0 Å². The highest BCUT2D eigenvalue weighted by Gasteiger charge is 2.68. The van der Waals surface area contributed by atoms with Crippen LogP contribution in [0.2, 0.25) is 0 Å². The Kier molecular flexibility index (Phi) is 11.7. The van der Waals surface area contributed by atoms with Gasteiger partial charge in [0.25, 0.3) is 11.6 Å². The summed E-state index contributed by atoms with van der Waals surface area (Å²) < 4.78 is 13.7. The van der Waals surface area contributed by atoms with E-state index in [1.165, 1.54) is 33.5 Å². The maximum absolute atomic E-state index is 13.2. The summed E-state index contributed by atoms with van der Waals surface area (Å²) in [5, 5.41) is 62.4. The van der Waals surface area contributed by atoms with Crippen molar-refractivity contribution < 1.29 is 54.0 Å². The first-order valence-corrected chi connectivity index (χ1v) is 15.7. The molecule has 0 bridgehead atoms. The van der Waals surface area contributed by atoms with Crippen LogP contribution >= 0.6 is 23.4 Å². The van der Waals surface area contributed by atoms with E-state index in [9.17, 15) is 49.7 Å². The lowest BCUT2D eigenvalue weighted by atomic mass is 9.92. The Balaban J connectivity index is 0.000000337. The number of alkyl halides is 1. The average molecular weight is 740 g/mol. The van der Waals surface area contributed by atoms with Crippen molar-refractivity contribution in [3.63, 3.8) is 0 Å². The number of carbonyl (C=O) groups is 4. The molecule has 0 spiro atoms. The molecule has 2 aromatic heterocycles. The second-order valence-corrected chi connectivity index (χ2v) is 11.9. The second kappa shape index (κ2) is 15.6. The van der Waals surface area contributed by atoms with Crippen molar-refractivity contribution in [3.8, 4) is 5.75 Å². The number of carbonyl (C=O) groups excluding carboxylic acids is 2. The first-order valence-electron chi connectivity index (χ1n) is 14.2. The number of methoxy groups -OCH3 is 1. The number of nitrogens with zero attached hydrogens (tertiary/aromatic N) is 8. The number of β-lactam (4-membered cyclic amide) rings is 1. The van der Waals surface area contributed by atoms with Gasteiger partial charge in [0, 0.05) is 26.8 Å². The van der Waals surface area contributed by atoms with Crippen molar-refractivity contribution in [2.75, 3.05) is 25.3 Å². The lowest BCUT2D eigenvalue weighted by Crippen LogP contribution is -2.82. The van der Waals surface area contributed by atoms with Crippen LogP contribution < -0.4 is 5.32 Å². The number of phenols is 1. The number of aromatic nitrogens is 6. The van der Waals surface area contributed by atoms with Crippen molar-refractivity contribution >= 4 is 52.9 Å². The number of aliphatic carboxylic acids is 2. The fourth-order valence-electron chi connectivity index (χ4n) is 4.96. The third-order valence-electron chi connectivity index (χ3n) is 7.43. The van der Waals surface area contributed by atoms with Gasteiger partial charge in [-0.05, 0) is 38.6 Å². The minimum absolute atomic E-state index is 0.0365. The molecule has 2 unspecified atom stereocenters. The number of aliphatic hydroxyl groups is 1. The Morgan fingerprint density at radius 3 is 2.50 bits per heavy atom. The summed E-state index contributed by atoms with van der Waals surface area (Å²) >= 11 is 6.54. The summed E-state index contributed by atoms with van der Waals surface area (Å²) in [5.41, 5.74) is -2.17. The zero-order valence-electron chi connectivity index (χ0n) is 26.4. The molecule has 2 amide bonds. The molecule has 4 atom stereocenters. The van der Waals surface area contributed by atoms with Gasteiger partial charge in [-0.15, -0.1) is 16.7 Å². The number of hydrogen-bond donors (Lipinski definition) is 5. The highest BCUT2D eigenvalue weighted by atomic mass is 35.5. The zero-order chi connectivity index (χ0) is 36.9. The van der Waals surface area contributed by atoms with Gasteiger partial charge in [-0.2, -0.15) is 0 Å². The molecule has 0 saturated carbocycles. The van der Waals surface area contributed by atoms with Crippen LogP contribution in [0, 0.1) is 17.0 Å². The van der Waals surface area contributed by atoms with E-state index in [1.54, 1.807) is 14.0 Å². The Hall–Kier alpha value is -5.16. The molecule has 21 nitrogen and oxygen atoms in total. The van der Waals surface area contributed by atoms with Crippen molar-refractivity contribution in [1.29, 1.82) is 0 Å². The molecule has 5 N–H and O–H groups in total. The van der Waals surface area contributed by atoms with E-state index >= 15 is 0 Å². The molecule has 23 heteroatoms. The van der Waals surface area contributed by atoms with Crippen LogP contribution in [-0.2, 0) is 42.2 Å². The molecule has 0 aliphatic carbocycles. The first kappa shape index (κ1) is 37.7. The van der Waals surface area contributed by atoms with Crippen LogP contribution in [0.15, 0.2) is 46.9 Å². The lowest BCUT2D eigenvalue weighted by molar-refractivity contribution is -0.392. The Morgan fingerprint density at radius 1 is 1.28 bits per heavy atom. The highest BCUT2D eigenvalue weighted by Crippen LogP contribution is 2.41. The van der Waals surface area contributed by atoms with Gasteiger partial charge in [-0.1, -0.05) is 23.9 Å². The summed E-state index contributed by atoms with van der Waals surface area (Å²) in [5.74, 6) is -6.34. The van der Waals surface area contributed by atoms with E-state index in [2.05, 4.69) is 25.8 Å². The summed E-state index contributed by atoms with van der Waals surface area (Å²) in [6.07, 6.45) is -0.996. The topological polar surface area (TPSA) is 287 Å². The number of aliphatic hydroxyl groups excluding tert-OH is 1. The van der Waals surface area contributed by atoms with Crippen LogP contribution in [0.25, 0.3) is 0 Å². The predicted octanol–water partition coefficient (Wildman–Crippen LogP) is -0.428. The van der Waals surface area contributed by atoms with Gasteiger partial charge >= 0.3 is 17.8 Å². The van der Waals surface area contributed by atoms with Crippen LogP contribution in [0.1, 0.15) is 17.3 Å². The molecule has 1 fully saturated rings. The predicted molar refractivity (Wildman–Crippen MR) is 167 cm³/mol. The molecular weight excluding hydrogens is 710 g/mol. The quantitative estimate of drug-likeness (QED) is 0.0283. The summed E-state index contributed by atoms with van der Waals surface area (Å²) in [7, 11) is 2.71. The Morgan fingerprint density at radius 2 is 1.96 bits per heavy atom. The van der Waals surface area contributed by atoms with Gasteiger partial charge in [-0.3, -0.25) is 19.3 Å². The third-order valence-corrected chi connectivity index (χ3v) is 8.88. The summed E-state index contributed by atoms with van der Waals surface area (Å²) in [4.78, 5) is 64.7. The number of imidazole rings is 1. The SMILES string of the molecule is CO[C@@]1(NC(=O)C(C(=O)O)c2ccc(O)cc2)C(=O)N2C(C(=O)O)=C(CSc3nnnn3C)CO[C@@H]21.Cc1ncc([N+](=O)[O-])n1CC(O)CCl. The maximum atomic E-state index is 13.2. The van der Waals surface area contributed by atoms with E-state index in [1.807, 2.05) is 0 Å². The summed E-state index contributed by atoms with van der Waals surface area (Å²) in [6.45, 7) is 1.51. The van der Waals surface area contributed by atoms with E-state index in [0.29, 0.717) is 11.0 Å². The third kappa shape index (κ3) is 7.52. The number of rotatable bonds is 13. The molecule has 3 aromatic rings. The van der Waals surface area contributed by atoms with Crippen molar-refractivity contribution in [2.24, 2.45) is 7.05 Å². The molecule has 4 heterocycles. The van der Waals surface area contributed by atoms with Crippen LogP contribution in [0.4, 0.5) is 5.82 Å². The monoisotopic (exact) mass is 739 g/mol. The van der Waals surface area contributed by atoms with Gasteiger partial charge in [0.1, 0.15) is 30.3 Å². The second-order valence-electron chi connectivity index (χ2n) is 10.6. The van der Waals surface area contributed by atoms with Gasteiger partial charge in [0.05, 0.1) is 12.5 Å². The number of aromatic hydroxyl groups is 1. The number of nitro groups is 1. The van der Waals surface area contributed by atoms with Gasteiger partial charge in [0.2, 0.25) is 11.1 Å². The number of carboxylic acid groups (broad SMARTS) is 2. The lowest BCUT2D eigenvalue weighted by Gasteiger charge is -2.55. The molecule has 268 valence electrons. The van der Waals surface area contributed by atoms with Crippen LogP contribution in [0.5, 0.6) is 5.75 Å². The number of benzene rings is 1. The number of aryl methyl sites for hydroxylation is 2. The molecule has 50 heavy (non-hydrogen) atoms. The largest absolute Gasteiger partial charge is 0.508 e. The van der Waals surface area contributed by atoms with Crippen molar-refractivity contribution in [2.45, 2.75) is 42.6 Å². The van der Waals surface area contributed by atoms with Gasteiger partial charge in [-0.25, -0.2) is 19.0 Å². The standard InChI is InChI=1S/C20H20N6O9S.C7H10ClN3O3/c1-25-19(22-23-24-25)36-8-10-7-35-18-20(34-2,17(33)26(18)13(10)16(31)32)21-14(28)12(15(29)30)9-3-5-11(27)6-4-9;1-5-9-3-7(11(13)14)10(5)4-6(12)2-8/h3-6,12,18,27H,7-8H2,1-2H3,(H,21,28)(H,29,30)(H,31,32);3,6,12H,2,4H2,1H3/t12?,18-,20+;/m1./s1. The number of phenolic OH excluding ortho intramolecular Hbond substituents is 1. The molecule has 1 saturated heterocycles. The van der Waals surface area contributed by atoms with E-state index in [4.69, 9.17) is 21.1 Å². The van der Waals surface area contributed by atoms with Crippen LogP contribution in [-0.4, -0.2) is 127 Å². The number of halogens is 1. The fourth-order valence-corrected chi connectivity index (χ4v) is 5.90. The summed E-state index contributed by atoms with van der Waals surface area (Å²) in [6, 6.07) is 4.93. The number of nitrogens with one attached hydrogen (secondary N) is 1. The van der Waals surface area contributed by atoms with E-state index < -0.39 is 52.7 Å². The first-order chi connectivity index (χ1) is 23.7.